The Morgan fingerprint density at radius 1 is 1.46 bits per heavy atom. The summed E-state index contributed by atoms with van der Waals surface area (Å²) < 4.78 is 5.27. The first-order valence-electron chi connectivity index (χ1n) is 4.41. The Hall–Kier alpha value is -1.51. The van der Waals surface area contributed by atoms with Gasteiger partial charge in [0.2, 0.25) is 0 Å². The molecule has 0 radical (unpaired) electrons. The molecule has 2 aromatic heterocycles. The monoisotopic (exact) mass is 175 g/mol. The van der Waals surface area contributed by atoms with E-state index in [2.05, 4.69) is 4.98 Å². The third-order valence-electron chi connectivity index (χ3n) is 2.46. The number of furan rings is 1. The van der Waals surface area contributed by atoms with E-state index in [1.807, 2.05) is 0 Å². The summed E-state index contributed by atoms with van der Waals surface area (Å²) in [6.45, 7) is 0. The lowest BCUT2D eigenvalue weighted by atomic mass is 10.2. The molecule has 2 heterocycles. The minimum absolute atomic E-state index is 0.208. The molecule has 3 heteroatoms. The zero-order chi connectivity index (χ0) is 8.84. The Labute approximate surface area is 75.0 Å². The molecule has 0 amide bonds. The average molecular weight is 175 g/mol. The highest BCUT2D eigenvalue weighted by atomic mass is 16.4. The summed E-state index contributed by atoms with van der Waals surface area (Å²) in [6.07, 6.45) is 5.48. The first-order valence-corrected chi connectivity index (χ1v) is 4.41. The van der Waals surface area contributed by atoms with Gasteiger partial charge in [-0.3, -0.25) is 4.98 Å². The number of fused-ring (bicyclic) bond motifs is 1. The van der Waals surface area contributed by atoms with Crippen molar-refractivity contribution < 1.29 is 9.52 Å². The minimum Gasteiger partial charge on any atom is -0.504 e. The van der Waals surface area contributed by atoms with Crippen LogP contribution in [-0.2, 0) is 0 Å². The van der Waals surface area contributed by atoms with Crippen molar-refractivity contribution in [3.05, 3.63) is 24.2 Å². The van der Waals surface area contributed by atoms with Gasteiger partial charge in [-0.2, -0.15) is 0 Å². The van der Waals surface area contributed by atoms with Crippen molar-refractivity contribution in [1.82, 2.24) is 4.98 Å². The fourth-order valence-electron chi connectivity index (χ4n) is 1.62. The molecular weight excluding hydrogens is 166 g/mol. The molecular formula is C10H9NO2. The van der Waals surface area contributed by atoms with E-state index in [1.165, 1.54) is 19.1 Å². The van der Waals surface area contributed by atoms with Crippen LogP contribution in [0.2, 0.25) is 0 Å². The van der Waals surface area contributed by atoms with Crippen molar-refractivity contribution in [2.75, 3.05) is 0 Å². The Balaban J connectivity index is 2.33. The molecule has 0 atom stereocenters. The lowest BCUT2D eigenvalue weighted by Gasteiger charge is -1.96. The quantitative estimate of drug-likeness (QED) is 0.723. The van der Waals surface area contributed by atoms with Crippen LogP contribution in [0.3, 0.4) is 0 Å². The molecule has 0 saturated heterocycles. The second-order valence-corrected chi connectivity index (χ2v) is 3.47. The van der Waals surface area contributed by atoms with Crippen LogP contribution in [0.4, 0.5) is 0 Å². The molecule has 0 bridgehead atoms. The van der Waals surface area contributed by atoms with Crippen molar-refractivity contribution in [3.63, 3.8) is 0 Å². The van der Waals surface area contributed by atoms with Crippen molar-refractivity contribution in [2.24, 2.45) is 0 Å². The molecule has 66 valence electrons. The number of aromatic hydroxyl groups is 1. The normalized spacial score (nSPS) is 16.6. The van der Waals surface area contributed by atoms with Crippen molar-refractivity contribution in [2.45, 2.75) is 18.8 Å². The van der Waals surface area contributed by atoms with Crippen LogP contribution in [-0.4, -0.2) is 10.1 Å². The molecule has 1 aliphatic rings. The lowest BCUT2D eigenvalue weighted by Crippen LogP contribution is -1.84. The van der Waals surface area contributed by atoms with Gasteiger partial charge < -0.3 is 9.52 Å². The molecule has 0 spiro atoms. The number of pyridine rings is 1. The smallest absolute Gasteiger partial charge is 0.161 e. The molecule has 1 aliphatic carbocycles. The first-order chi connectivity index (χ1) is 6.36. The van der Waals surface area contributed by atoms with E-state index in [4.69, 9.17) is 4.42 Å². The zero-order valence-electron chi connectivity index (χ0n) is 7.03. The fraction of sp³-hybridized carbons (Fsp3) is 0.300. The van der Waals surface area contributed by atoms with Crippen LogP contribution in [0.5, 0.6) is 5.75 Å². The molecule has 1 fully saturated rings. The van der Waals surface area contributed by atoms with Crippen LogP contribution in [0.1, 0.15) is 24.5 Å². The molecule has 3 rings (SSSR count). The number of rotatable bonds is 1. The Bertz CT molecular complexity index is 457. The van der Waals surface area contributed by atoms with Gasteiger partial charge in [0.25, 0.3) is 0 Å². The molecule has 1 saturated carbocycles. The number of hydrogen-bond acceptors (Lipinski definition) is 3. The second kappa shape index (κ2) is 2.25. The summed E-state index contributed by atoms with van der Waals surface area (Å²) in [5.41, 5.74) is 1.75. The summed E-state index contributed by atoms with van der Waals surface area (Å²) in [7, 11) is 0. The van der Waals surface area contributed by atoms with Gasteiger partial charge in [0, 0.05) is 12.1 Å². The van der Waals surface area contributed by atoms with Crippen LogP contribution < -0.4 is 0 Å². The SMILES string of the molecule is Oc1coc2c(C3CC3)nccc12. The van der Waals surface area contributed by atoms with E-state index in [0.29, 0.717) is 5.92 Å². The standard InChI is InChI=1S/C10H9NO2/c12-8-5-13-10-7(8)3-4-11-9(10)6-1-2-6/h3-6,12H,1-2H2. The van der Waals surface area contributed by atoms with E-state index >= 15 is 0 Å². The van der Waals surface area contributed by atoms with Crippen LogP contribution in [0.15, 0.2) is 22.9 Å². The van der Waals surface area contributed by atoms with E-state index in [0.717, 1.165) is 16.7 Å². The van der Waals surface area contributed by atoms with E-state index in [-0.39, 0.29) is 5.75 Å². The summed E-state index contributed by atoms with van der Waals surface area (Å²) in [6, 6.07) is 1.78. The molecule has 2 aromatic rings. The van der Waals surface area contributed by atoms with Crippen LogP contribution >= 0.6 is 0 Å². The molecule has 3 nitrogen and oxygen atoms in total. The highest BCUT2D eigenvalue weighted by Gasteiger charge is 2.28. The maximum absolute atomic E-state index is 9.42. The Morgan fingerprint density at radius 2 is 2.31 bits per heavy atom. The summed E-state index contributed by atoms with van der Waals surface area (Å²) in [5.74, 6) is 0.758. The van der Waals surface area contributed by atoms with E-state index in [9.17, 15) is 5.11 Å². The van der Waals surface area contributed by atoms with Crippen molar-refractivity contribution in [3.8, 4) is 5.75 Å². The van der Waals surface area contributed by atoms with Crippen LogP contribution in [0, 0.1) is 0 Å². The summed E-state index contributed by atoms with van der Waals surface area (Å²) >= 11 is 0. The van der Waals surface area contributed by atoms with Gasteiger partial charge in [0.15, 0.2) is 11.3 Å². The topological polar surface area (TPSA) is 46.3 Å². The predicted molar refractivity (Wildman–Crippen MR) is 47.6 cm³/mol. The van der Waals surface area contributed by atoms with E-state index in [1.54, 1.807) is 12.3 Å². The minimum atomic E-state index is 0.208. The average Bonchev–Trinajstić information content (AvgIpc) is 2.92. The van der Waals surface area contributed by atoms with Gasteiger partial charge in [0.05, 0.1) is 11.1 Å². The van der Waals surface area contributed by atoms with Gasteiger partial charge in [-0.25, -0.2) is 0 Å². The van der Waals surface area contributed by atoms with Crippen molar-refractivity contribution in [1.29, 1.82) is 0 Å². The Kier molecular flexibility index (Phi) is 1.20. The molecule has 13 heavy (non-hydrogen) atoms. The fourth-order valence-corrected chi connectivity index (χ4v) is 1.62. The van der Waals surface area contributed by atoms with E-state index < -0.39 is 0 Å². The first kappa shape index (κ1) is 6.95. The van der Waals surface area contributed by atoms with Crippen molar-refractivity contribution >= 4 is 11.0 Å². The lowest BCUT2D eigenvalue weighted by molar-refractivity contribution is 0.464. The zero-order valence-corrected chi connectivity index (χ0v) is 7.03. The number of aromatic nitrogens is 1. The largest absolute Gasteiger partial charge is 0.504 e. The number of hydrogen-bond donors (Lipinski definition) is 1. The highest BCUT2D eigenvalue weighted by molar-refractivity contribution is 5.85. The van der Waals surface area contributed by atoms with Gasteiger partial charge in [-0.15, -0.1) is 0 Å². The summed E-state index contributed by atoms with van der Waals surface area (Å²) in [4.78, 5) is 4.28. The van der Waals surface area contributed by atoms with Gasteiger partial charge in [0.1, 0.15) is 6.26 Å². The van der Waals surface area contributed by atoms with Gasteiger partial charge in [-0.1, -0.05) is 0 Å². The third-order valence-corrected chi connectivity index (χ3v) is 2.46. The summed E-state index contributed by atoms with van der Waals surface area (Å²) in [5, 5.41) is 10.2. The Morgan fingerprint density at radius 3 is 3.08 bits per heavy atom. The van der Waals surface area contributed by atoms with Gasteiger partial charge in [-0.05, 0) is 18.9 Å². The highest BCUT2D eigenvalue weighted by Crippen LogP contribution is 2.43. The van der Waals surface area contributed by atoms with Gasteiger partial charge >= 0.3 is 0 Å². The number of nitrogens with zero attached hydrogens (tertiary/aromatic N) is 1. The predicted octanol–water partition coefficient (Wildman–Crippen LogP) is 2.41. The molecule has 0 unspecified atom stereocenters. The maximum Gasteiger partial charge on any atom is 0.161 e. The molecule has 1 N–H and O–H groups in total. The third kappa shape index (κ3) is 0.932. The second-order valence-electron chi connectivity index (χ2n) is 3.47. The maximum atomic E-state index is 9.42. The van der Waals surface area contributed by atoms with Crippen LogP contribution in [0.25, 0.3) is 11.0 Å². The molecule has 0 aromatic carbocycles. The molecule has 0 aliphatic heterocycles.